The summed E-state index contributed by atoms with van der Waals surface area (Å²) in [5.41, 5.74) is 1.19. The van der Waals surface area contributed by atoms with Gasteiger partial charge >= 0.3 is 0 Å². The number of hydrogen-bond donors (Lipinski definition) is 2. The second kappa shape index (κ2) is 6.12. The predicted octanol–water partition coefficient (Wildman–Crippen LogP) is 0.129. The van der Waals surface area contributed by atoms with Crippen LogP contribution < -0.4 is 10.6 Å². The third-order valence-corrected chi connectivity index (χ3v) is 6.65. The van der Waals surface area contributed by atoms with Crippen LogP contribution in [0.1, 0.15) is 60.2 Å². The van der Waals surface area contributed by atoms with Gasteiger partial charge in [-0.3, -0.25) is 14.3 Å². The zero-order valence-corrected chi connectivity index (χ0v) is 14.7. The van der Waals surface area contributed by atoms with Gasteiger partial charge in [0, 0.05) is 17.7 Å². The topological polar surface area (TPSA) is 110 Å². The minimum Gasteiger partial charge on any atom is -0.352 e. The van der Waals surface area contributed by atoms with Crippen molar-refractivity contribution in [2.45, 2.75) is 50.1 Å². The minimum atomic E-state index is -3.02. The van der Waals surface area contributed by atoms with Gasteiger partial charge in [0.05, 0.1) is 24.1 Å². The van der Waals surface area contributed by atoms with Crippen molar-refractivity contribution in [3.05, 3.63) is 17.5 Å². The highest BCUT2D eigenvalue weighted by Crippen LogP contribution is 2.42. The molecule has 1 aromatic heterocycles. The molecule has 1 unspecified atom stereocenters. The lowest BCUT2D eigenvalue weighted by Crippen LogP contribution is -2.38. The fourth-order valence-electron chi connectivity index (χ4n) is 3.22. The molecule has 2 N–H and O–H groups in total. The zero-order chi connectivity index (χ0) is 17.6. The van der Waals surface area contributed by atoms with E-state index in [1.165, 1.54) is 0 Å². The molecule has 1 aliphatic heterocycles. The van der Waals surface area contributed by atoms with Crippen LogP contribution in [0.15, 0.2) is 6.07 Å². The molecule has 0 spiro atoms. The van der Waals surface area contributed by atoms with E-state index in [9.17, 15) is 18.0 Å². The Labute approximate surface area is 146 Å². The predicted molar refractivity (Wildman–Crippen MR) is 90.0 cm³/mol. The molecule has 8 nitrogen and oxygen atoms in total. The maximum atomic E-state index is 12.3. The standard InChI is InChI=1S/C16H22N4O4S/c21-15(18-11-3-4-11)8-17-16(22)13-7-14(10-1-2-10)20(19-13)12-5-6-25(23,24)9-12/h7,10-12H,1-6,8-9H2,(H,17,22)(H,18,21). The van der Waals surface area contributed by atoms with E-state index in [0.29, 0.717) is 12.3 Å². The smallest absolute Gasteiger partial charge is 0.272 e. The molecule has 2 heterocycles. The molecular formula is C16H22N4O4S. The van der Waals surface area contributed by atoms with E-state index in [0.717, 1.165) is 31.4 Å². The summed E-state index contributed by atoms with van der Waals surface area (Å²) < 4.78 is 25.3. The molecule has 2 aliphatic carbocycles. The third kappa shape index (κ3) is 3.86. The Morgan fingerprint density at radius 2 is 1.96 bits per heavy atom. The van der Waals surface area contributed by atoms with E-state index in [1.807, 2.05) is 0 Å². The van der Waals surface area contributed by atoms with Crippen molar-refractivity contribution in [2.75, 3.05) is 18.1 Å². The van der Waals surface area contributed by atoms with Crippen LogP contribution in [-0.4, -0.2) is 54.1 Å². The second-order valence-electron chi connectivity index (χ2n) is 7.25. The molecule has 2 amide bonds. The van der Waals surface area contributed by atoms with Crippen LogP contribution in [0.4, 0.5) is 0 Å². The molecule has 1 saturated heterocycles. The largest absolute Gasteiger partial charge is 0.352 e. The summed E-state index contributed by atoms with van der Waals surface area (Å²) in [7, 11) is -3.02. The van der Waals surface area contributed by atoms with Gasteiger partial charge in [-0.05, 0) is 38.2 Å². The van der Waals surface area contributed by atoms with Crippen molar-refractivity contribution in [3.63, 3.8) is 0 Å². The number of rotatable bonds is 6. The molecule has 0 radical (unpaired) electrons. The maximum absolute atomic E-state index is 12.3. The maximum Gasteiger partial charge on any atom is 0.272 e. The number of aromatic nitrogens is 2. The van der Waals surface area contributed by atoms with Crippen LogP contribution in [-0.2, 0) is 14.6 Å². The van der Waals surface area contributed by atoms with Gasteiger partial charge in [0.1, 0.15) is 5.69 Å². The van der Waals surface area contributed by atoms with E-state index in [2.05, 4.69) is 15.7 Å². The molecule has 3 aliphatic rings. The molecular weight excluding hydrogens is 344 g/mol. The minimum absolute atomic E-state index is 0.0707. The number of nitrogens with zero attached hydrogens (tertiary/aromatic N) is 2. The third-order valence-electron chi connectivity index (χ3n) is 4.90. The first-order valence-corrected chi connectivity index (χ1v) is 10.6. The average Bonchev–Trinajstić information content (AvgIpc) is 3.48. The summed E-state index contributed by atoms with van der Waals surface area (Å²) in [6.45, 7) is -0.0707. The SMILES string of the molecule is O=C(CNC(=O)c1cc(C2CC2)n(C2CCS(=O)(=O)C2)n1)NC1CC1. The first kappa shape index (κ1) is 16.6. The molecule has 0 bridgehead atoms. The van der Waals surface area contributed by atoms with E-state index in [-0.39, 0.29) is 41.7 Å². The van der Waals surface area contributed by atoms with Crippen LogP contribution in [0, 0.1) is 0 Å². The fourth-order valence-corrected chi connectivity index (χ4v) is 4.91. The Morgan fingerprint density at radius 1 is 1.20 bits per heavy atom. The molecule has 3 fully saturated rings. The summed E-state index contributed by atoms with van der Waals surface area (Å²) >= 11 is 0. The Balaban J connectivity index is 1.45. The van der Waals surface area contributed by atoms with Gasteiger partial charge < -0.3 is 10.6 Å². The van der Waals surface area contributed by atoms with E-state index >= 15 is 0 Å². The molecule has 9 heteroatoms. The summed E-state index contributed by atoms with van der Waals surface area (Å²) in [5, 5.41) is 9.79. The molecule has 136 valence electrons. The molecule has 0 aromatic carbocycles. The van der Waals surface area contributed by atoms with Gasteiger partial charge in [0.15, 0.2) is 9.84 Å². The Bertz CT molecular complexity index is 808. The van der Waals surface area contributed by atoms with E-state index in [1.54, 1.807) is 10.7 Å². The summed E-state index contributed by atoms with van der Waals surface area (Å²) in [6.07, 6.45) is 4.61. The molecule has 1 atom stereocenters. The number of nitrogens with one attached hydrogen (secondary N) is 2. The van der Waals surface area contributed by atoms with Crippen LogP contribution in [0.2, 0.25) is 0 Å². The quantitative estimate of drug-likeness (QED) is 0.743. The first-order chi connectivity index (χ1) is 11.9. The lowest BCUT2D eigenvalue weighted by Gasteiger charge is -2.12. The fraction of sp³-hybridized carbons (Fsp3) is 0.688. The Kier molecular flexibility index (Phi) is 4.05. The highest BCUT2D eigenvalue weighted by molar-refractivity contribution is 7.91. The van der Waals surface area contributed by atoms with Crippen molar-refractivity contribution in [1.82, 2.24) is 20.4 Å². The van der Waals surface area contributed by atoms with Gasteiger partial charge in [-0.2, -0.15) is 5.10 Å². The van der Waals surface area contributed by atoms with Crippen molar-refractivity contribution >= 4 is 21.7 Å². The van der Waals surface area contributed by atoms with Crippen molar-refractivity contribution in [1.29, 1.82) is 0 Å². The summed E-state index contributed by atoms with van der Waals surface area (Å²) in [5.74, 6) is 0.0200. The van der Waals surface area contributed by atoms with Gasteiger partial charge in [0.25, 0.3) is 5.91 Å². The van der Waals surface area contributed by atoms with Crippen LogP contribution in [0.25, 0.3) is 0 Å². The summed E-state index contributed by atoms with van der Waals surface area (Å²) in [4.78, 5) is 24.0. The number of amides is 2. The molecule has 25 heavy (non-hydrogen) atoms. The Hall–Kier alpha value is -1.90. The van der Waals surface area contributed by atoms with Crippen LogP contribution in [0.3, 0.4) is 0 Å². The normalized spacial score (nSPS) is 24.9. The van der Waals surface area contributed by atoms with Gasteiger partial charge in [0.2, 0.25) is 5.91 Å². The number of carbonyl (C=O) groups is 2. The lowest BCUT2D eigenvalue weighted by atomic mass is 10.2. The molecule has 4 rings (SSSR count). The van der Waals surface area contributed by atoms with Gasteiger partial charge in [-0.25, -0.2) is 8.42 Å². The highest BCUT2D eigenvalue weighted by atomic mass is 32.2. The van der Waals surface area contributed by atoms with Gasteiger partial charge in [-0.1, -0.05) is 0 Å². The monoisotopic (exact) mass is 366 g/mol. The van der Waals surface area contributed by atoms with Crippen molar-refractivity contribution < 1.29 is 18.0 Å². The lowest BCUT2D eigenvalue weighted by molar-refractivity contribution is -0.120. The second-order valence-corrected chi connectivity index (χ2v) is 9.48. The summed E-state index contributed by atoms with van der Waals surface area (Å²) in [6, 6.07) is 1.81. The van der Waals surface area contributed by atoms with Crippen LogP contribution in [0.5, 0.6) is 0 Å². The molecule has 1 aromatic rings. The van der Waals surface area contributed by atoms with E-state index < -0.39 is 15.7 Å². The van der Waals surface area contributed by atoms with Crippen molar-refractivity contribution in [3.8, 4) is 0 Å². The van der Waals surface area contributed by atoms with Crippen molar-refractivity contribution in [2.24, 2.45) is 0 Å². The van der Waals surface area contributed by atoms with Crippen LogP contribution >= 0.6 is 0 Å². The Morgan fingerprint density at radius 3 is 2.56 bits per heavy atom. The van der Waals surface area contributed by atoms with Gasteiger partial charge in [-0.15, -0.1) is 0 Å². The van der Waals surface area contributed by atoms with E-state index in [4.69, 9.17) is 0 Å². The molecule has 2 saturated carbocycles. The average molecular weight is 366 g/mol. The number of hydrogen-bond acceptors (Lipinski definition) is 5. The highest BCUT2D eigenvalue weighted by Gasteiger charge is 2.36. The zero-order valence-electron chi connectivity index (χ0n) is 13.9. The number of sulfone groups is 1. The number of carbonyl (C=O) groups excluding carboxylic acids is 2. The first-order valence-electron chi connectivity index (χ1n) is 8.79.